The molecule has 1 atom stereocenters. The van der Waals surface area contributed by atoms with Crippen LogP contribution in [-0.4, -0.2) is 32.4 Å². The standard InChI is InChI=1S/C14H20N2O3/c1-8(15)11-9-4-5-16(2)6-10(9)12(17-3)14-13(11)18-7-19-14/h8H,4-7,15H2,1-3H3/t8-/m1/s1. The summed E-state index contributed by atoms with van der Waals surface area (Å²) in [4.78, 5) is 2.28. The fourth-order valence-electron chi connectivity index (χ4n) is 3.02. The molecule has 104 valence electrons. The molecule has 0 radical (unpaired) electrons. The highest BCUT2D eigenvalue weighted by Gasteiger charge is 2.33. The van der Waals surface area contributed by atoms with Crippen molar-refractivity contribution in [2.24, 2.45) is 5.73 Å². The quantitative estimate of drug-likeness (QED) is 0.875. The average Bonchev–Trinajstić information content (AvgIpc) is 2.83. The lowest BCUT2D eigenvalue weighted by atomic mass is 9.89. The molecular formula is C14H20N2O3. The molecule has 5 nitrogen and oxygen atoms in total. The average molecular weight is 264 g/mol. The van der Waals surface area contributed by atoms with Crippen LogP contribution >= 0.6 is 0 Å². The Morgan fingerprint density at radius 3 is 2.68 bits per heavy atom. The van der Waals surface area contributed by atoms with Crippen molar-refractivity contribution in [3.05, 3.63) is 16.7 Å². The van der Waals surface area contributed by atoms with Crippen LogP contribution < -0.4 is 19.9 Å². The highest BCUT2D eigenvalue weighted by atomic mass is 16.7. The predicted octanol–water partition coefficient (Wildman–Crippen LogP) is 1.43. The van der Waals surface area contributed by atoms with Crippen molar-refractivity contribution >= 4 is 0 Å². The first-order valence-corrected chi connectivity index (χ1v) is 6.58. The number of ether oxygens (including phenoxy) is 3. The minimum absolute atomic E-state index is 0.0708. The van der Waals surface area contributed by atoms with Gasteiger partial charge in [0.05, 0.1) is 7.11 Å². The summed E-state index contributed by atoms with van der Waals surface area (Å²) >= 11 is 0. The van der Waals surface area contributed by atoms with E-state index in [1.807, 2.05) is 6.92 Å². The summed E-state index contributed by atoms with van der Waals surface area (Å²) in [7, 11) is 3.79. The normalized spacial score (nSPS) is 19.2. The molecule has 2 heterocycles. The van der Waals surface area contributed by atoms with Crippen molar-refractivity contribution in [3.63, 3.8) is 0 Å². The second kappa shape index (κ2) is 4.58. The summed E-state index contributed by atoms with van der Waals surface area (Å²) < 4.78 is 16.8. The van der Waals surface area contributed by atoms with Crippen LogP contribution in [0.4, 0.5) is 0 Å². The Labute approximate surface area is 113 Å². The van der Waals surface area contributed by atoms with Crippen LogP contribution in [0.1, 0.15) is 29.7 Å². The van der Waals surface area contributed by atoms with Crippen LogP contribution in [-0.2, 0) is 13.0 Å². The van der Waals surface area contributed by atoms with E-state index in [1.165, 1.54) is 11.1 Å². The van der Waals surface area contributed by atoms with E-state index in [2.05, 4.69) is 11.9 Å². The highest BCUT2D eigenvalue weighted by molar-refractivity contribution is 5.66. The van der Waals surface area contributed by atoms with Crippen LogP contribution in [0.5, 0.6) is 17.2 Å². The lowest BCUT2D eigenvalue weighted by Gasteiger charge is -2.30. The molecule has 2 aliphatic heterocycles. The van der Waals surface area contributed by atoms with Gasteiger partial charge < -0.3 is 24.8 Å². The third kappa shape index (κ3) is 1.84. The smallest absolute Gasteiger partial charge is 0.231 e. The Morgan fingerprint density at radius 1 is 1.26 bits per heavy atom. The summed E-state index contributed by atoms with van der Waals surface area (Å²) in [5.41, 5.74) is 9.69. The molecule has 0 fully saturated rings. The minimum Gasteiger partial charge on any atom is -0.492 e. The van der Waals surface area contributed by atoms with Crippen LogP contribution in [0.2, 0.25) is 0 Å². The number of nitrogens with zero attached hydrogens (tertiary/aromatic N) is 1. The Kier molecular flexibility index (Phi) is 3.03. The topological polar surface area (TPSA) is 57.0 Å². The molecule has 0 bridgehead atoms. The SMILES string of the molecule is COc1c2c(c([C@@H](C)N)c3c1OCO3)CCN(C)C2. The van der Waals surface area contributed by atoms with Crippen LogP contribution in [0.15, 0.2) is 0 Å². The van der Waals surface area contributed by atoms with Gasteiger partial charge >= 0.3 is 0 Å². The van der Waals surface area contributed by atoms with Crippen molar-refractivity contribution < 1.29 is 14.2 Å². The Bertz CT molecular complexity index is 514. The number of likely N-dealkylation sites (N-methyl/N-ethyl adjacent to an activating group) is 1. The number of nitrogens with two attached hydrogens (primary N) is 1. The second-order valence-corrected chi connectivity index (χ2v) is 5.25. The second-order valence-electron chi connectivity index (χ2n) is 5.25. The fraction of sp³-hybridized carbons (Fsp3) is 0.571. The first-order chi connectivity index (χ1) is 9.13. The molecule has 0 aromatic heterocycles. The molecule has 1 aromatic rings. The van der Waals surface area contributed by atoms with Gasteiger partial charge in [-0.2, -0.15) is 0 Å². The van der Waals surface area contributed by atoms with Crippen molar-refractivity contribution in [2.75, 3.05) is 27.5 Å². The molecule has 0 aliphatic carbocycles. The zero-order valence-corrected chi connectivity index (χ0v) is 11.7. The summed E-state index contributed by atoms with van der Waals surface area (Å²) in [6, 6.07) is -0.0708. The number of rotatable bonds is 2. The number of hydrogen-bond donors (Lipinski definition) is 1. The predicted molar refractivity (Wildman–Crippen MR) is 71.8 cm³/mol. The van der Waals surface area contributed by atoms with Gasteiger partial charge in [-0.3, -0.25) is 0 Å². The molecule has 19 heavy (non-hydrogen) atoms. The molecule has 5 heteroatoms. The van der Waals surface area contributed by atoms with E-state index in [-0.39, 0.29) is 12.8 Å². The van der Waals surface area contributed by atoms with Crippen LogP contribution in [0.3, 0.4) is 0 Å². The van der Waals surface area contributed by atoms with Gasteiger partial charge in [0.25, 0.3) is 0 Å². The van der Waals surface area contributed by atoms with Crippen LogP contribution in [0.25, 0.3) is 0 Å². The van der Waals surface area contributed by atoms with Gasteiger partial charge in [0.1, 0.15) is 0 Å². The third-order valence-corrected chi connectivity index (χ3v) is 3.86. The van der Waals surface area contributed by atoms with Gasteiger partial charge in [0, 0.05) is 30.3 Å². The number of benzene rings is 1. The minimum atomic E-state index is -0.0708. The summed E-state index contributed by atoms with van der Waals surface area (Å²) in [6.07, 6.45) is 0.968. The van der Waals surface area contributed by atoms with Gasteiger partial charge in [-0.25, -0.2) is 0 Å². The maximum Gasteiger partial charge on any atom is 0.231 e. The molecule has 2 N–H and O–H groups in total. The van der Waals surface area contributed by atoms with Crippen molar-refractivity contribution in [3.8, 4) is 17.2 Å². The van der Waals surface area contributed by atoms with E-state index in [9.17, 15) is 0 Å². The molecule has 0 unspecified atom stereocenters. The highest BCUT2D eigenvalue weighted by Crippen LogP contribution is 2.50. The van der Waals surface area contributed by atoms with E-state index in [0.29, 0.717) is 5.75 Å². The van der Waals surface area contributed by atoms with Crippen molar-refractivity contribution in [2.45, 2.75) is 25.9 Å². The van der Waals surface area contributed by atoms with E-state index in [1.54, 1.807) is 7.11 Å². The number of hydrogen-bond acceptors (Lipinski definition) is 5. The molecule has 2 aliphatic rings. The number of fused-ring (bicyclic) bond motifs is 2. The molecule has 1 aromatic carbocycles. The molecule has 0 spiro atoms. The van der Waals surface area contributed by atoms with E-state index >= 15 is 0 Å². The monoisotopic (exact) mass is 264 g/mol. The molecular weight excluding hydrogens is 244 g/mol. The molecule has 0 saturated heterocycles. The van der Waals surface area contributed by atoms with Gasteiger partial charge in [0.2, 0.25) is 12.5 Å². The van der Waals surface area contributed by atoms with Crippen molar-refractivity contribution in [1.29, 1.82) is 0 Å². The lowest BCUT2D eigenvalue weighted by molar-refractivity contribution is 0.170. The van der Waals surface area contributed by atoms with Crippen LogP contribution in [0, 0.1) is 0 Å². The van der Waals surface area contributed by atoms with Gasteiger partial charge in [-0.15, -0.1) is 0 Å². The molecule has 0 amide bonds. The Balaban J connectivity index is 2.27. The van der Waals surface area contributed by atoms with E-state index in [4.69, 9.17) is 19.9 Å². The van der Waals surface area contributed by atoms with E-state index < -0.39 is 0 Å². The maximum absolute atomic E-state index is 6.15. The van der Waals surface area contributed by atoms with Crippen molar-refractivity contribution in [1.82, 2.24) is 4.90 Å². The lowest BCUT2D eigenvalue weighted by Crippen LogP contribution is -2.29. The molecule has 0 saturated carbocycles. The van der Waals surface area contributed by atoms with E-state index in [0.717, 1.165) is 36.6 Å². The number of methoxy groups -OCH3 is 1. The first-order valence-electron chi connectivity index (χ1n) is 6.58. The Morgan fingerprint density at radius 2 is 2.00 bits per heavy atom. The zero-order valence-electron chi connectivity index (χ0n) is 11.7. The van der Waals surface area contributed by atoms with Gasteiger partial charge in [0.15, 0.2) is 11.5 Å². The largest absolute Gasteiger partial charge is 0.492 e. The fourth-order valence-corrected chi connectivity index (χ4v) is 3.02. The maximum atomic E-state index is 6.15. The zero-order chi connectivity index (χ0) is 13.6. The Hall–Kier alpha value is -1.46. The molecule has 3 rings (SSSR count). The summed E-state index contributed by atoms with van der Waals surface area (Å²) in [6.45, 7) is 4.11. The third-order valence-electron chi connectivity index (χ3n) is 3.86. The van der Waals surface area contributed by atoms with Gasteiger partial charge in [-0.1, -0.05) is 0 Å². The summed E-state index contributed by atoms with van der Waals surface area (Å²) in [5, 5.41) is 0. The van der Waals surface area contributed by atoms with Gasteiger partial charge in [-0.05, 0) is 26.0 Å². The summed E-state index contributed by atoms with van der Waals surface area (Å²) in [5.74, 6) is 2.29. The first kappa shape index (κ1) is 12.6.